The molecule has 8 aromatic rings. The Bertz CT molecular complexity index is 3140. The van der Waals surface area contributed by atoms with Gasteiger partial charge in [-0.15, -0.1) is 0 Å². The Balaban J connectivity index is 0.931. The number of hydrogen-bond acceptors (Lipinski definition) is 10. The number of nitrogens with one attached hydrogen (secondary N) is 2. The number of benzene rings is 1. The fraction of sp³-hybridized carbons (Fsp3) is 0.0909. The maximum Gasteiger partial charge on any atom is 0.433 e. The SMILES string of the molecule is N#Cc1cc(CCn2cc(C(=O)Nc3ccc(-n4nc(-c5cccnc5)cc4C(F)(F)F)cn3)ccc2=O)cc(C(=O)Nc2ccc(-n3nc(-c4cccnc4)cc3C(F)(F)F)cn2)c1. The first-order valence-corrected chi connectivity index (χ1v) is 19.1. The number of halogens is 6. The van der Waals surface area contributed by atoms with Gasteiger partial charge in [0.25, 0.3) is 17.4 Å². The second kappa shape index (κ2) is 17.5. The number of carbonyl (C=O) groups is 2. The third-order valence-corrected chi connectivity index (χ3v) is 9.65. The zero-order valence-electron chi connectivity index (χ0n) is 33.1. The molecule has 15 nitrogen and oxygen atoms in total. The first kappa shape index (κ1) is 42.9. The van der Waals surface area contributed by atoms with Crippen molar-refractivity contribution < 1.29 is 35.9 Å². The highest BCUT2D eigenvalue weighted by molar-refractivity contribution is 6.04. The van der Waals surface area contributed by atoms with E-state index in [4.69, 9.17) is 0 Å². The molecular weight excluding hydrogens is 859 g/mol. The third kappa shape index (κ3) is 9.66. The van der Waals surface area contributed by atoms with Crippen molar-refractivity contribution in [2.45, 2.75) is 25.3 Å². The lowest BCUT2D eigenvalue weighted by Crippen LogP contribution is -2.23. The number of pyridine rings is 5. The van der Waals surface area contributed by atoms with Crippen LogP contribution in [0.2, 0.25) is 0 Å². The Morgan fingerprint density at radius 1 is 0.646 bits per heavy atom. The third-order valence-electron chi connectivity index (χ3n) is 9.65. The number of hydrogen-bond donors (Lipinski definition) is 2. The standard InChI is InChI=1S/C44H28F6N12O3/c45-43(46,47)36-18-34(28-3-1-12-52-21-28)58-61(36)32-6-8-38(54-23-32)56-41(64)30-5-10-40(63)60(25-30)14-11-26-15-27(20-51)17-31(16-26)42(65)57-39-9-7-33(24-55-39)62-37(44(48,49)50)19-35(59-62)29-4-2-13-53-22-29/h1-10,12-13,15-19,21-25H,11,14H2,(H,54,56,64)(H,55,57,65). The van der Waals surface area contributed by atoms with Crippen LogP contribution in [-0.2, 0) is 25.3 Å². The van der Waals surface area contributed by atoms with Crippen molar-refractivity contribution in [1.82, 2.24) is 44.1 Å². The zero-order valence-corrected chi connectivity index (χ0v) is 33.1. The van der Waals surface area contributed by atoms with Gasteiger partial charge in [-0.2, -0.15) is 41.8 Å². The van der Waals surface area contributed by atoms with Gasteiger partial charge in [-0.3, -0.25) is 24.4 Å². The number of alkyl halides is 6. The van der Waals surface area contributed by atoms with Crippen LogP contribution in [0.1, 0.15) is 43.2 Å². The van der Waals surface area contributed by atoms with Crippen LogP contribution in [0.25, 0.3) is 33.9 Å². The summed E-state index contributed by atoms with van der Waals surface area (Å²) >= 11 is 0. The number of aryl methyl sites for hydroxylation is 2. The van der Waals surface area contributed by atoms with E-state index < -0.39 is 41.1 Å². The molecule has 21 heteroatoms. The van der Waals surface area contributed by atoms with Crippen molar-refractivity contribution >= 4 is 23.5 Å². The van der Waals surface area contributed by atoms with Crippen LogP contribution in [-0.4, -0.2) is 55.9 Å². The Morgan fingerprint density at radius 2 is 1.18 bits per heavy atom. The number of carbonyl (C=O) groups excluding carboxylic acids is 2. The Labute approximate surface area is 362 Å². The van der Waals surface area contributed by atoms with E-state index in [1.54, 1.807) is 24.3 Å². The number of amides is 2. The highest BCUT2D eigenvalue weighted by Gasteiger charge is 2.38. The summed E-state index contributed by atoms with van der Waals surface area (Å²) in [5.74, 6) is -1.37. The molecular formula is C44H28F6N12O3. The molecule has 0 spiro atoms. The average molecular weight is 887 g/mol. The van der Waals surface area contributed by atoms with Gasteiger partial charge in [-0.1, -0.05) is 0 Å². The van der Waals surface area contributed by atoms with Crippen LogP contribution in [0.5, 0.6) is 0 Å². The molecule has 0 bridgehead atoms. The first-order chi connectivity index (χ1) is 31.1. The van der Waals surface area contributed by atoms with Crippen LogP contribution in [0.4, 0.5) is 38.0 Å². The largest absolute Gasteiger partial charge is 0.433 e. The normalized spacial score (nSPS) is 11.5. The number of nitrogens with zero attached hydrogens (tertiary/aromatic N) is 10. The van der Waals surface area contributed by atoms with Gasteiger partial charge in [0.05, 0.1) is 52.4 Å². The number of aromatic nitrogens is 9. The predicted molar refractivity (Wildman–Crippen MR) is 221 cm³/mol. The van der Waals surface area contributed by atoms with Gasteiger partial charge < -0.3 is 15.2 Å². The number of nitriles is 1. The summed E-state index contributed by atoms with van der Waals surface area (Å²) in [7, 11) is 0. The molecule has 0 fully saturated rings. The van der Waals surface area contributed by atoms with Gasteiger partial charge in [0.1, 0.15) is 23.0 Å². The molecule has 2 N–H and O–H groups in total. The molecule has 7 heterocycles. The van der Waals surface area contributed by atoms with Crippen LogP contribution < -0.4 is 16.2 Å². The molecule has 324 valence electrons. The fourth-order valence-corrected chi connectivity index (χ4v) is 6.54. The van der Waals surface area contributed by atoms with E-state index in [2.05, 4.69) is 40.8 Å². The van der Waals surface area contributed by atoms with E-state index in [9.17, 15) is 46.0 Å². The van der Waals surface area contributed by atoms with Crippen LogP contribution in [0.15, 0.2) is 139 Å². The monoisotopic (exact) mass is 886 g/mol. The van der Waals surface area contributed by atoms with E-state index in [0.717, 1.165) is 24.5 Å². The minimum absolute atomic E-state index is 0.00107. The van der Waals surface area contributed by atoms with E-state index in [1.165, 1.54) is 90.1 Å². The molecule has 65 heavy (non-hydrogen) atoms. The maximum absolute atomic E-state index is 14.0. The molecule has 0 aliphatic carbocycles. The van der Waals surface area contributed by atoms with Gasteiger partial charge >= 0.3 is 12.4 Å². The van der Waals surface area contributed by atoms with E-state index in [-0.39, 0.29) is 64.1 Å². The number of anilines is 2. The maximum atomic E-state index is 14.0. The predicted octanol–water partition coefficient (Wildman–Crippen LogP) is 7.79. The Kier molecular flexibility index (Phi) is 11.6. The molecule has 7 aromatic heterocycles. The fourth-order valence-electron chi connectivity index (χ4n) is 6.54. The van der Waals surface area contributed by atoms with E-state index in [1.807, 2.05) is 6.07 Å². The van der Waals surface area contributed by atoms with Gasteiger partial charge in [-0.05, 0) is 96.9 Å². The lowest BCUT2D eigenvalue weighted by molar-refractivity contribution is -0.143. The highest BCUT2D eigenvalue weighted by Crippen LogP contribution is 2.35. The van der Waals surface area contributed by atoms with Crippen molar-refractivity contribution in [3.05, 3.63) is 178 Å². The molecule has 0 aliphatic rings. The summed E-state index contributed by atoms with van der Waals surface area (Å²) in [5, 5.41) is 23.1. The second-order valence-corrected chi connectivity index (χ2v) is 14.1. The summed E-state index contributed by atoms with van der Waals surface area (Å²) in [6.45, 7) is 0.00808. The minimum atomic E-state index is -4.75. The van der Waals surface area contributed by atoms with Gasteiger partial charge in [-0.25, -0.2) is 19.3 Å². The first-order valence-electron chi connectivity index (χ1n) is 19.1. The van der Waals surface area contributed by atoms with Crippen molar-refractivity contribution in [2.75, 3.05) is 10.6 Å². The zero-order chi connectivity index (χ0) is 45.9. The van der Waals surface area contributed by atoms with Gasteiger partial charge in [0.15, 0.2) is 0 Å². The molecule has 0 radical (unpaired) electrons. The lowest BCUT2D eigenvalue weighted by atomic mass is 10.0. The van der Waals surface area contributed by atoms with Gasteiger partial charge in [0, 0.05) is 60.3 Å². The van der Waals surface area contributed by atoms with Crippen molar-refractivity contribution in [3.8, 4) is 40.0 Å². The molecule has 0 aliphatic heterocycles. The molecule has 8 rings (SSSR count). The quantitative estimate of drug-likeness (QED) is 0.121. The molecule has 0 saturated heterocycles. The number of rotatable bonds is 11. The second-order valence-electron chi connectivity index (χ2n) is 14.1. The van der Waals surface area contributed by atoms with E-state index >= 15 is 0 Å². The van der Waals surface area contributed by atoms with Crippen LogP contribution in [0.3, 0.4) is 0 Å². The summed E-state index contributed by atoms with van der Waals surface area (Å²) in [4.78, 5) is 55.5. The topological polar surface area (TPSA) is 191 Å². The highest BCUT2D eigenvalue weighted by atomic mass is 19.4. The minimum Gasteiger partial charge on any atom is -0.314 e. The Hall–Kier alpha value is -8.80. The van der Waals surface area contributed by atoms with E-state index in [0.29, 0.717) is 26.1 Å². The molecule has 1 aromatic carbocycles. The Morgan fingerprint density at radius 3 is 1.65 bits per heavy atom. The summed E-state index contributed by atoms with van der Waals surface area (Å²) in [6, 6.07) is 22.0. The molecule has 0 unspecified atom stereocenters. The van der Waals surface area contributed by atoms with Crippen LogP contribution >= 0.6 is 0 Å². The van der Waals surface area contributed by atoms with Crippen molar-refractivity contribution in [3.63, 3.8) is 0 Å². The van der Waals surface area contributed by atoms with Crippen molar-refractivity contribution in [2.24, 2.45) is 0 Å². The molecule has 2 amide bonds. The van der Waals surface area contributed by atoms with Crippen molar-refractivity contribution in [1.29, 1.82) is 5.26 Å². The summed E-state index contributed by atoms with van der Waals surface area (Å²) < 4.78 is 86.4. The average Bonchev–Trinajstić information content (AvgIpc) is 3.97. The molecule has 0 atom stereocenters. The lowest BCUT2D eigenvalue weighted by Gasteiger charge is -2.12. The molecule has 0 saturated carbocycles. The summed E-state index contributed by atoms with van der Waals surface area (Å²) in [6.07, 6.45) is -0.140. The smallest absolute Gasteiger partial charge is 0.314 e. The summed E-state index contributed by atoms with van der Waals surface area (Å²) in [5.41, 5.74) is -1.11. The van der Waals surface area contributed by atoms with Gasteiger partial charge in [0.2, 0.25) is 0 Å². The van der Waals surface area contributed by atoms with Crippen LogP contribution in [0, 0.1) is 11.3 Å².